The number of carboxylic acid groups (broad SMARTS) is 1. The maximum atomic E-state index is 14.7. The summed E-state index contributed by atoms with van der Waals surface area (Å²) in [6, 6.07) is -15.7. The summed E-state index contributed by atoms with van der Waals surface area (Å²) in [4.78, 5) is 243. The van der Waals surface area contributed by atoms with E-state index in [-0.39, 0.29) is 120 Å². The van der Waals surface area contributed by atoms with Gasteiger partial charge in [-0.25, -0.2) is 4.79 Å². The van der Waals surface area contributed by atoms with Crippen LogP contribution in [0, 0.1) is 11.8 Å². The van der Waals surface area contributed by atoms with E-state index in [1.807, 2.05) is 0 Å². The van der Waals surface area contributed by atoms with E-state index >= 15 is 0 Å². The molecule has 1 heterocycles. The predicted octanol–water partition coefficient (Wildman–Crippen LogP) is -10.8. The molecule has 37 N–H and O–H groups in total. The molecule has 0 bridgehead atoms. The molecule has 50 heteroatoms. The molecule has 1 saturated heterocycles. The number of carboxylic acids is 1. The van der Waals surface area contributed by atoms with Crippen molar-refractivity contribution in [2.75, 3.05) is 45.0 Å². The third-order valence-corrected chi connectivity index (χ3v) is 21.8. The third-order valence-electron chi connectivity index (χ3n) is 21.1. The number of primary amides is 1. The highest BCUT2D eigenvalue weighted by Gasteiger charge is 2.46. The van der Waals surface area contributed by atoms with Gasteiger partial charge in [0.05, 0.1) is 36.9 Å². The number of rotatable bonds is 57. The van der Waals surface area contributed by atoms with E-state index in [0.29, 0.717) is 5.56 Å². The Morgan fingerprint density at radius 3 is 1.19 bits per heavy atom. The molecule has 21 atom stereocenters. The van der Waals surface area contributed by atoms with E-state index in [0.717, 1.165) is 25.7 Å². The minimum Gasteiger partial charge on any atom is -0.508 e. The molecule has 48 nitrogen and oxygen atoms in total. The molecule has 0 saturated carbocycles. The zero-order valence-electron chi connectivity index (χ0n) is 74.7. The summed E-state index contributed by atoms with van der Waals surface area (Å²) in [5.74, 6) is -21.0. The number of hydrogen-bond acceptors (Lipinski definition) is 31. The van der Waals surface area contributed by atoms with Crippen LogP contribution in [0.4, 0.5) is 0 Å². The summed E-state index contributed by atoms with van der Waals surface area (Å²) >= 11 is 8.75. The lowest BCUT2D eigenvalue weighted by Gasteiger charge is -2.34. The van der Waals surface area contributed by atoms with E-state index in [4.69, 9.17) is 45.9 Å². The van der Waals surface area contributed by atoms with Crippen LogP contribution in [0.1, 0.15) is 138 Å². The monoisotopic (exact) mass is 1890 g/mol. The number of benzene rings is 2. The van der Waals surface area contributed by atoms with Gasteiger partial charge in [0.2, 0.25) is 94.5 Å². The number of phenolic OH excluding ortho intramolecular Hbond substituents is 2. The summed E-state index contributed by atoms with van der Waals surface area (Å²) in [5.41, 5.74) is 47.0. The van der Waals surface area contributed by atoms with Gasteiger partial charge in [0, 0.05) is 42.9 Å². The fourth-order valence-corrected chi connectivity index (χ4v) is 13.8. The highest BCUT2D eigenvalue weighted by molar-refractivity contribution is 7.81. The third kappa shape index (κ3) is 37.8. The highest BCUT2D eigenvalue weighted by atomic mass is 32.1. The normalized spacial score (nSPS) is 17.5. The number of amides is 16. The molecule has 2 aromatic carbocycles. The molecule has 16 amide bonds. The Hall–Kier alpha value is -11.4. The van der Waals surface area contributed by atoms with E-state index in [1.54, 1.807) is 27.7 Å². The zero-order chi connectivity index (χ0) is 99.2. The first-order valence-corrected chi connectivity index (χ1v) is 43.8. The van der Waals surface area contributed by atoms with E-state index < -0.39 is 264 Å². The number of aliphatic imine (C=N–C) groups is 1. The SMILES string of the molecule is CC[C@H](C)[C@H](NC(=O)[C@@H]1C[C@@H](O)CN1C(=O)[C@@H](N)C(C)C)C(=O)N[C@H](C(=O)N[C@@H](Cc1ccc(O)cc1)C(=O)N[C@H](C(=O)N[C@@H](CC(N)=O)C(=O)N[C@@H](CCCN=C(N)N)C(=O)N[C@@H](CCN)C(=O)N[C@H](C(=O)N[C@H](CCN)C(=O)N[C@@H](CCCN)C(=O)N[C@@H](CCN)C(=O)N[C@H](C(=O)N[C@@H](CS)C(=O)N[C@@H](Cc1ccc(O)cc1)C(=O)O)[C@@H](C)O)[C@@H](C)O)[C@@H](C)O)C(C)(C)S. The molecular formula is C81H134N24O24S2. The Balaban J connectivity index is 1.91. The topological polar surface area (TPSA) is 824 Å². The number of carbonyl (C=O) groups excluding carboxylic acids is 16. The number of aromatic hydroxyl groups is 2. The average molecular weight is 1890 g/mol. The lowest BCUT2D eigenvalue weighted by Crippen LogP contribution is -2.64. The van der Waals surface area contributed by atoms with E-state index in [1.165, 1.54) is 62.4 Å². The van der Waals surface area contributed by atoms with Crippen LogP contribution in [0.2, 0.25) is 0 Å². The quantitative estimate of drug-likeness (QED) is 0.0127. The molecule has 0 unspecified atom stereocenters. The van der Waals surface area contributed by atoms with Crippen LogP contribution in [0.25, 0.3) is 0 Å². The van der Waals surface area contributed by atoms with Crippen LogP contribution in [-0.4, -0.2) is 318 Å². The van der Waals surface area contributed by atoms with Crippen molar-refractivity contribution in [3.8, 4) is 11.5 Å². The van der Waals surface area contributed by atoms with Crippen LogP contribution in [0.5, 0.6) is 11.5 Å². The minimum absolute atomic E-state index is 0.0498. The van der Waals surface area contributed by atoms with Crippen LogP contribution in [-0.2, 0) is 94.3 Å². The van der Waals surface area contributed by atoms with Gasteiger partial charge in [0.1, 0.15) is 102 Å². The standard InChI is InChI=1S/C81H134N24O24S2/c1-10-38(4)59(100-72(121)56-33-46(111)35-105(56)78(127)58(87)37(2)3)73(122)104-63(81(8,9)131)77(126)97-52(31-42-15-19-44(109)20-16-42)70(119)103-61(40(6)107)75(124)96-53(34-57(86)112)69(118)92-48(14-12-30-90-80(88)89)65(114)94-51(25-29-85)67(116)101-60(39(5)106)74(123)95-49(23-27-83)66(115)91-47(13-11-26-82)64(113)93-50(24-28-84)68(117)102-62(41(7)108)76(125)99-55(36-130)71(120)98-54(79(128)129)32-43-17-21-45(110)22-18-43/h15-22,37-41,46-56,58-63,106-111,130-131H,10-14,23-36,82-85,87H2,1-9H3,(H2,86,112)(H,91,115)(H,92,118)(H,93,113)(H,94,114)(H,95,123)(H,96,124)(H,97,126)(H,98,120)(H,99,125)(H,100,121)(H,101,116)(H,102,117)(H,103,119)(H,104,122)(H,128,129)(H4,88,89,90)/t38-,39+,40+,41+,46+,47-,48-,49+,50-,51-,52-,53-,54-,55-,56-,58-,59-,60-,61-,62-,63+/m0/s1. The van der Waals surface area contributed by atoms with Gasteiger partial charge in [-0.15, -0.1) is 0 Å². The summed E-state index contributed by atoms with van der Waals surface area (Å²) < 4.78 is -1.49. The molecule has 0 aromatic heterocycles. The number of aliphatic carboxylic acids is 1. The largest absolute Gasteiger partial charge is 0.508 e. The molecule has 0 spiro atoms. The molecule has 131 heavy (non-hydrogen) atoms. The first-order valence-electron chi connectivity index (χ1n) is 42.7. The maximum absolute atomic E-state index is 14.7. The van der Waals surface area contributed by atoms with Crippen LogP contribution >= 0.6 is 25.3 Å². The van der Waals surface area contributed by atoms with Gasteiger partial charge in [-0.05, 0) is 153 Å². The molecule has 1 aliphatic rings. The van der Waals surface area contributed by atoms with Crippen molar-refractivity contribution in [3.63, 3.8) is 0 Å². The number of hydrogen-bond donors (Lipinski definition) is 31. The van der Waals surface area contributed by atoms with Crippen molar-refractivity contribution in [2.45, 2.75) is 265 Å². The van der Waals surface area contributed by atoms with E-state index in [2.05, 4.69) is 105 Å². The molecule has 2 aromatic rings. The van der Waals surface area contributed by atoms with Gasteiger partial charge >= 0.3 is 5.97 Å². The van der Waals surface area contributed by atoms with Crippen LogP contribution < -0.4 is 120 Å². The molecule has 1 fully saturated rings. The fraction of sp³-hybridized carbons (Fsp3) is 0.630. The lowest BCUT2D eigenvalue weighted by molar-refractivity contribution is -0.142. The summed E-state index contributed by atoms with van der Waals surface area (Å²) in [6.45, 7) is 11.4. The number of aliphatic hydroxyl groups is 4. The van der Waals surface area contributed by atoms with Crippen LogP contribution in [0.15, 0.2) is 53.5 Å². The second-order valence-electron chi connectivity index (χ2n) is 32.9. The number of guanidine groups is 1. The first kappa shape index (κ1) is 114. The van der Waals surface area contributed by atoms with Gasteiger partial charge in [-0.1, -0.05) is 58.4 Å². The Morgan fingerprint density at radius 1 is 0.466 bits per heavy atom. The van der Waals surface area contributed by atoms with Crippen molar-refractivity contribution in [2.24, 2.45) is 62.7 Å². The molecule has 1 aliphatic heterocycles. The summed E-state index contributed by atoms with van der Waals surface area (Å²) in [6.07, 6.45) is -9.88. The molecule has 0 radical (unpaired) electrons. The van der Waals surface area contributed by atoms with Crippen molar-refractivity contribution in [1.29, 1.82) is 0 Å². The number of aliphatic hydroxyl groups excluding tert-OH is 4. The Kier molecular flexibility index (Phi) is 48.4. The van der Waals surface area contributed by atoms with Gasteiger partial charge in [-0.3, -0.25) is 81.7 Å². The highest BCUT2D eigenvalue weighted by Crippen LogP contribution is 2.25. The van der Waals surface area contributed by atoms with Gasteiger partial charge in [0.25, 0.3) is 0 Å². The lowest BCUT2D eigenvalue weighted by atomic mass is 9.95. The Bertz CT molecular complexity index is 4220. The van der Waals surface area contributed by atoms with E-state index in [9.17, 15) is 117 Å². The molecule has 3 rings (SSSR count). The van der Waals surface area contributed by atoms with Crippen molar-refractivity contribution >= 4 is 132 Å². The van der Waals surface area contributed by atoms with Crippen molar-refractivity contribution in [1.82, 2.24) is 79.3 Å². The molecule has 0 aliphatic carbocycles. The predicted molar refractivity (Wildman–Crippen MR) is 482 cm³/mol. The van der Waals surface area contributed by atoms with Gasteiger partial charge in [0.15, 0.2) is 5.96 Å². The smallest absolute Gasteiger partial charge is 0.326 e. The molecule has 734 valence electrons. The second kappa shape index (κ2) is 55.7. The maximum Gasteiger partial charge on any atom is 0.326 e. The summed E-state index contributed by atoms with van der Waals surface area (Å²) in [7, 11) is 0. The number of likely N-dealkylation sites (tertiary alicyclic amines) is 1. The van der Waals surface area contributed by atoms with Crippen LogP contribution in [0.3, 0.4) is 0 Å². The number of phenols is 2. The van der Waals surface area contributed by atoms with Gasteiger partial charge in [-0.2, -0.15) is 25.3 Å². The fourth-order valence-electron chi connectivity index (χ4n) is 13.3. The number of β-amino-alcohol motifs (C(OH)–C–C–N with tert-alkyl or cyclic N) is 1. The second-order valence-corrected chi connectivity index (χ2v) is 34.4. The number of nitrogens with one attached hydrogen (secondary N) is 14. The first-order chi connectivity index (χ1) is 61.4. The number of thiol groups is 2. The number of carbonyl (C=O) groups is 17. The molecular weight excluding hydrogens is 1760 g/mol. The minimum atomic E-state index is -2.08. The summed E-state index contributed by atoms with van der Waals surface area (Å²) in [5, 5.41) is 107. The number of nitrogens with zero attached hydrogens (tertiary/aromatic N) is 2. The van der Waals surface area contributed by atoms with Crippen molar-refractivity contribution in [3.05, 3.63) is 59.7 Å². The van der Waals surface area contributed by atoms with Crippen molar-refractivity contribution < 1.29 is 117 Å². The number of nitrogens with two attached hydrogens (primary N) is 8. The zero-order valence-corrected chi connectivity index (χ0v) is 76.5. The Labute approximate surface area is 768 Å². The van der Waals surface area contributed by atoms with Gasteiger partial charge < -0.3 is 161 Å². The Morgan fingerprint density at radius 2 is 0.817 bits per heavy atom. The average Bonchev–Trinajstić information content (AvgIpc) is 1.76.